The van der Waals surface area contributed by atoms with Crippen molar-refractivity contribution in [3.63, 3.8) is 0 Å². The maximum Gasteiger partial charge on any atom is 0.410 e. The number of amides is 1. The number of methoxy groups -OCH3 is 1. The lowest BCUT2D eigenvalue weighted by Gasteiger charge is -2.40. The summed E-state index contributed by atoms with van der Waals surface area (Å²) in [5, 5.41) is 0. The van der Waals surface area contributed by atoms with Gasteiger partial charge in [0.15, 0.2) is 0 Å². The largest absolute Gasteiger partial charge is 0.492 e. The molecular weight excluding hydrogens is 428 g/mol. The maximum absolute atomic E-state index is 12.2. The van der Waals surface area contributed by atoms with Crippen molar-refractivity contribution < 1.29 is 23.8 Å². The van der Waals surface area contributed by atoms with Gasteiger partial charge < -0.3 is 19.1 Å². The first kappa shape index (κ1) is 22.5. The van der Waals surface area contributed by atoms with E-state index in [0.29, 0.717) is 31.0 Å². The van der Waals surface area contributed by atoms with E-state index in [9.17, 15) is 9.59 Å². The Morgan fingerprint density at radius 1 is 1.21 bits per heavy atom. The Bertz CT molecular complexity index is 704. The lowest BCUT2D eigenvalue weighted by molar-refractivity contribution is 0.00428. The van der Waals surface area contributed by atoms with Gasteiger partial charge in [0.1, 0.15) is 18.0 Å². The fraction of sp³-hybridized carbons (Fsp3) is 0.600. The summed E-state index contributed by atoms with van der Waals surface area (Å²) in [7, 11) is 1.35. The molecule has 0 unspecified atom stereocenters. The van der Waals surface area contributed by atoms with E-state index in [1.807, 2.05) is 26.8 Å². The van der Waals surface area contributed by atoms with E-state index in [-0.39, 0.29) is 12.1 Å². The number of carbonyl (C=O) groups excluding carboxylic acids is 2. The molecule has 0 aliphatic carbocycles. The molecule has 0 radical (unpaired) electrons. The number of ether oxygens (including phenoxy) is 3. The first-order valence-electron chi connectivity index (χ1n) is 9.33. The van der Waals surface area contributed by atoms with Gasteiger partial charge in [-0.2, -0.15) is 0 Å². The molecule has 1 amide bonds. The molecule has 156 valence electrons. The highest BCUT2D eigenvalue weighted by atomic mass is 79.9. The van der Waals surface area contributed by atoms with E-state index in [1.165, 1.54) is 7.11 Å². The van der Waals surface area contributed by atoms with Crippen LogP contribution in [0.25, 0.3) is 0 Å². The molecule has 1 aliphatic rings. The average molecular weight is 457 g/mol. The lowest BCUT2D eigenvalue weighted by atomic mass is 10.2. The smallest absolute Gasteiger partial charge is 0.410 e. The molecule has 1 heterocycles. The number of piperazine rings is 1. The molecule has 8 heteroatoms. The van der Waals surface area contributed by atoms with Crippen molar-refractivity contribution in [2.45, 2.75) is 39.3 Å². The Morgan fingerprint density at radius 2 is 1.93 bits per heavy atom. The normalized spacial score (nSPS) is 17.9. The number of hydrogen-bond donors (Lipinski definition) is 0. The fourth-order valence-electron chi connectivity index (χ4n) is 2.98. The molecule has 0 saturated carbocycles. The molecule has 1 aromatic carbocycles. The van der Waals surface area contributed by atoms with Crippen LogP contribution in [0.5, 0.6) is 5.75 Å². The highest BCUT2D eigenvalue weighted by Gasteiger charge is 2.29. The van der Waals surface area contributed by atoms with Gasteiger partial charge in [-0.15, -0.1) is 0 Å². The first-order valence-corrected chi connectivity index (χ1v) is 10.1. The topological polar surface area (TPSA) is 68.3 Å². The van der Waals surface area contributed by atoms with Crippen molar-refractivity contribution in [3.8, 4) is 5.75 Å². The Hall–Kier alpha value is -1.80. The number of rotatable bonds is 5. The van der Waals surface area contributed by atoms with Gasteiger partial charge in [-0.1, -0.05) is 15.9 Å². The number of benzene rings is 1. The minimum absolute atomic E-state index is 0.206. The Labute approximate surface area is 175 Å². The van der Waals surface area contributed by atoms with Crippen LogP contribution < -0.4 is 4.74 Å². The molecule has 1 aliphatic heterocycles. The second kappa shape index (κ2) is 9.60. The van der Waals surface area contributed by atoms with Gasteiger partial charge in [-0.25, -0.2) is 9.59 Å². The van der Waals surface area contributed by atoms with Crippen LogP contribution in [0.15, 0.2) is 22.7 Å². The van der Waals surface area contributed by atoms with E-state index < -0.39 is 11.6 Å². The van der Waals surface area contributed by atoms with Gasteiger partial charge in [0.2, 0.25) is 0 Å². The minimum atomic E-state index is -0.488. The van der Waals surface area contributed by atoms with Gasteiger partial charge in [0, 0.05) is 36.7 Å². The summed E-state index contributed by atoms with van der Waals surface area (Å²) >= 11 is 3.38. The van der Waals surface area contributed by atoms with Crippen molar-refractivity contribution >= 4 is 28.0 Å². The standard InChI is InChI=1S/C20H29BrN2O5/c1-14-13-23(19(25)28-20(2,3)4)7-6-22(14)8-9-27-17-11-15(18(24)26-5)10-16(21)12-17/h10-12,14H,6-9,13H2,1-5H3/t14-/m1/s1. The van der Waals surface area contributed by atoms with Crippen molar-refractivity contribution in [2.75, 3.05) is 39.9 Å². The summed E-state index contributed by atoms with van der Waals surface area (Å²) < 4.78 is 16.8. The van der Waals surface area contributed by atoms with Crippen LogP contribution in [0, 0.1) is 0 Å². The first-order chi connectivity index (χ1) is 13.1. The number of carbonyl (C=O) groups is 2. The van der Waals surface area contributed by atoms with Crippen molar-refractivity contribution in [3.05, 3.63) is 28.2 Å². The van der Waals surface area contributed by atoms with Crippen LogP contribution in [-0.2, 0) is 9.47 Å². The Morgan fingerprint density at radius 3 is 2.54 bits per heavy atom. The quantitative estimate of drug-likeness (QED) is 0.630. The second-order valence-corrected chi connectivity index (χ2v) is 8.74. The number of esters is 1. The number of hydrogen-bond acceptors (Lipinski definition) is 6. The van der Waals surface area contributed by atoms with E-state index in [1.54, 1.807) is 17.0 Å². The van der Waals surface area contributed by atoms with Crippen molar-refractivity contribution in [2.24, 2.45) is 0 Å². The molecule has 0 N–H and O–H groups in total. The van der Waals surface area contributed by atoms with E-state index in [0.717, 1.165) is 17.6 Å². The molecule has 1 fully saturated rings. The van der Waals surface area contributed by atoms with Gasteiger partial charge in [0.25, 0.3) is 0 Å². The summed E-state index contributed by atoms with van der Waals surface area (Å²) in [6.45, 7) is 10.9. The van der Waals surface area contributed by atoms with Crippen LogP contribution in [0.1, 0.15) is 38.1 Å². The summed E-state index contributed by atoms with van der Waals surface area (Å²) in [5.41, 5.74) is -0.0515. The third kappa shape index (κ3) is 6.67. The molecule has 7 nitrogen and oxygen atoms in total. The van der Waals surface area contributed by atoms with E-state index >= 15 is 0 Å². The van der Waals surface area contributed by atoms with Crippen LogP contribution in [0.4, 0.5) is 4.79 Å². The zero-order chi connectivity index (χ0) is 20.9. The van der Waals surface area contributed by atoms with E-state index in [4.69, 9.17) is 14.2 Å². The van der Waals surface area contributed by atoms with Crippen LogP contribution >= 0.6 is 15.9 Å². The SMILES string of the molecule is COC(=O)c1cc(Br)cc(OCCN2CCN(C(=O)OC(C)(C)C)C[C@H]2C)c1. The summed E-state index contributed by atoms with van der Waals surface area (Å²) in [6, 6.07) is 5.38. The predicted octanol–water partition coefficient (Wildman–Crippen LogP) is 3.56. The van der Waals surface area contributed by atoms with Crippen LogP contribution in [0.3, 0.4) is 0 Å². The molecule has 0 aromatic heterocycles. The zero-order valence-electron chi connectivity index (χ0n) is 17.2. The number of halogens is 1. The van der Waals surface area contributed by atoms with Gasteiger partial charge in [0.05, 0.1) is 12.7 Å². The monoisotopic (exact) mass is 456 g/mol. The van der Waals surface area contributed by atoms with Gasteiger partial charge >= 0.3 is 12.1 Å². The molecular formula is C20H29BrN2O5. The van der Waals surface area contributed by atoms with Crippen LogP contribution in [-0.4, -0.2) is 73.4 Å². The van der Waals surface area contributed by atoms with Crippen molar-refractivity contribution in [1.82, 2.24) is 9.80 Å². The summed E-state index contributed by atoms with van der Waals surface area (Å²) in [6.07, 6.45) is -0.264. The average Bonchev–Trinajstić information content (AvgIpc) is 2.60. The summed E-state index contributed by atoms with van der Waals surface area (Å²) in [5.74, 6) is 0.202. The Balaban J connectivity index is 1.84. The predicted molar refractivity (Wildman–Crippen MR) is 110 cm³/mol. The third-order valence-electron chi connectivity index (χ3n) is 4.36. The summed E-state index contributed by atoms with van der Waals surface area (Å²) in [4.78, 5) is 28.0. The molecule has 28 heavy (non-hydrogen) atoms. The lowest BCUT2D eigenvalue weighted by Crippen LogP contribution is -2.55. The number of nitrogens with zero attached hydrogens (tertiary/aromatic N) is 2. The zero-order valence-corrected chi connectivity index (χ0v) is 18.7. The van der Waals surface area contributed by atoms with Gasteiger partial charge in [-0.3, -0.25) is 4.90 Å². The molecule has 1 aromatic rings. The highest BCUT2D eigenvalue weighted by molar-refractivity contribution is 9.10. The maximum atomic E-state index is 12.2. The highest BCUT2D eigenvalue weighted by Crippen LogP contribution is 2.22. The molecule has 0 bridgehead atoms. The Kier molecular flexibility index (Phi) is 7.71. The fourth-order valence-corrected chi connectivity index (χ4v) is 3.45. The van der Waals surface area contributed by atoms with Crippen molar-refractivity contribution in [1.29, 1.82) is 0 Å². The van der Waals surface area contributed by atoms with Crippen LogP contribution in [0.2, 0.25) is 0 Å². The minimum Gasteiger partial charge on any atom is -0.492 e. The van der Waals surface area contributed by atoms with Gasteiger partial charge in [-0.05, 0) is 45.9 Å². The molecule has 1 atom stereocenters. The van der Waals surface area contributed by atoms with E-state index in [2.05, 4.69) is 27.8 Å². The molecule has 2 rings (SSSR count). The molecule has 0 spiro atoms. The molecule has 1 saturated heterocycles. The second-order valence-electron chi connectivity index (χ2n) is 7.83. The third-order valence-corrected chi connectivity index (χ3v) is 4.81.